The lowest BCUT2D eigenvalue weighted by atomic mass is 9.80. The Bertz CT molecular complexity index is 1050. The highest BCUT2D eigenvalue weighted by Crippen LogP contribution is 2.52. The van der Waals surface area contributed by atoms with Gasteiger partial charge in [0.15, 0.2) is 5.17 Å². The minimum atomic E-state index is -0.981. The zero-order valence-electron chi connectivity index (χ0n) is 18.4. The van der Waals surface area contributed by atoms with Gasteiger partial charge in [-0.1, -0.05) is 56.3 Å². The summed E-state index contributed by atoms with van der Waals surface area (Å²) in [6.07, 6.45) is 4.91. The number of rotatable bonds is 8. The van der Waals surface area contributed by atoms with E-state index < -0.39 is 24.2 Å². The van der Waals surface area contributed by atoms with Crippen molar-refractivity contribution in [2.45, 2.75) is 32.4 Å². The molecule has 1 aromatic rings. The molecule has 32 heavy (non-hydrogen) atoms. The molecule has 2 aliphatic heterocycles. The standard InChI is InChI=1S/C24H26ClFN2O3S/c1-6-15(7-10-17(25)13-26)21-24(4,16-8-11-18(31-5)12-9-16)27-23-28(21)19(14(2)3)20(32-23)22(29)30/h6-12,14,21H,1,13H2,2-5H3,(H,29,30)/b15-7+,17-10+/t21?,24-/m0/s1. The fourth-order valence-electron chi connectivity index (χ4n) is 4.06. The van der Waals surface area contributed by atoms with Gasteiger partial charge in [-0.3, -0.25) is 0 Å². The summed E-state index contributed by atoms with van der Waals surface area (Å²) in [6, 6.07) is 7.24. The van der Waals surface area contributed by atoms with E-state index in [0.29, 0.717) is 10.9 Å². The second-order valence-corrected chi connectivity index (χ2v) is 9.40. The molecule has 0 saturated carbocycles. The molecule has 0 bridgehead atoms. The number of fused-ring (bicyclic) bond motifs is 1. The third-order valence-corrected chi connectivity index (χ3v) is 6.85. The van der Waals surface area contributed by atoms with E-state index in [4.69, 9.17) is 21.3 Å². The third kappa shape index (κ3) is 4.24. The average molecular weight is 477 g/mol. The Hall–Kier alpha value is -2.51. The van der Waals surface area contributed by atoms with Crippen LogP contribution in [-0.2, 0) is 10.3 Å². The van der Waals surface area contributed by atoms with Crippen LogP contribution in [0.2, 0.25) is 0 Å². The maximum atomic E-state index is 13.0. The largest absolute Gasteiger partial charge is 0.497 e. The van der Waals surface area contributed by atoms with Crippen molar-refractivity contribution >= 4 is 34.5 Å². The first-order chi connectivity index (χ1) is 15.2. The fourth-order valence-corrected chi connectivity index (χ4v) is 5.37. The lowest BCUT2D eigenvalue weighted by Gasteiger charge is -2.37. The van der Waals surface area contributed by atoms with Crippen LogP contribution in [0.25, 0.3) is 0 Å². The van der Waals surface area contributed by atoms with Gasteiger partial charge in [0, 0.05) is 10.7 Å². The summed E-state index contributed by atoms with van der Waals surface area (Å²) < 4.78 is 18.2. The molecule has 170 valence electrons. The monoisotopic (exact) mass is 476 g/mol. The molecular weight excluding hydrogens is 451 g/mol. The quantitative estimate of drug-likeness (QED) is 0.476. The molecule has 1 unspecified atom stereocenters. The smallest absolute Gasteiger partial charge is 0.344 e. The molecule has 0 aliphatic carbocycles. The van der Waals surface area contributed by atoms with E-state index in [-0.39, 0.29) is 15.9 Å². The third-order valence-electron chi connectivity index (χ3n) is 5.56. The second-order valence-electron chi connectivity index (χ2n) is 7.94. The van der Waals surface area contributed by atoms with E-state index in [1.54, 1.807) is 19.3 Å². The maximum Gasteiger partial charge on any atom is 0.344 e. The van der Waals surface area contributed by atoms with E-state index in [1.807, 2.05) is 49.9 Å². The minimum Gasteiger partial charge on any atom is -0.497 e. The Morgan fingerprint density at radius 2 is 2.06 bits per heavy atom. The number of carbonyl (C=O) groups is 1. The van der Waals surface area contributed by atoms with Gasteiger partial charge in [0.1, 0.15) is 22.9 Å². The summed E-state index contributed by atoms with van der Waals surface area (Å²) in [5.74, 6) is -0.314. The van der Waals surface area contributed by atoms with Gasteiger partial charge in [0.25, 0.3) is 0 Å². The Balaban J connectivity index is 2.22. The molecule has 5 nitrogen and oxygen atoms in total. The van der Waals surface area contributed by atoms with E-state index in [0.717, 1.165) is 28.6 Å². The van der Waals surface area contributed by atoms with Gasteiger partial charge in [-0.15, -0.1) is 0 Å². The highest BCUT2D eigenvalue weighted by atomic mass is 35.5. The fraction of sp³-hybridized carbons (Fsp3) is 0.333. The van der Waals surface area contributed by atoms with Crippen molar-refractivity contribution in [3.05, 3.63) is 75.8 Å². The van der Waals surface area contributed by atoms with Crippen LogP contribution in [0.3, 0.4) is 0 Å². The van der Waals surface area contributed by atoms with Crippen LogP contribution in [0.15, 0.2) is 75.3 Å². The number of carboxylic acid groups (broad SMARTS) is 1. The molecule has 2 aliphatic rings. The van der Waals surface area contributed by atoms with E-state index in [2.05, 4.69) is 6.58 Å². The summed E-state index contributed by atoms with van der Waals surface area (Å²) in [6.45, 7) is 9.11. The number of ether oxygens (including phenoxy) is 1. The van der Waals surface area contributed by atoms with Crippen molar-refractivity contribution in [3.8, 4) is 5.75 Å². The van der Waals surface area contributed by atoms with Crippen molar-refractivity contribution in [3.63, 3.8) is 0 Å². The predicted molar refractivity (Wildman–Crippen MR) is 129 cm³/mol. The number of halogens is 2. The molecule has 0 aromatic heterocycles. The summed E-state index contributed by atoms with van der Waals surface area (Å²) in [7, 11) is 1.61. The first-order valence-electron chi connectivity index (χ1n) is 10.1. The van der Waals surface area contributed by atoms with Gasteiger partial charge in [0.05, 0.1) is 13.2 Å². The van der Waals surface area contributed by atoms with Gasteiger partial charge >= 0.3 is 5.97 Å². The molecule has 2 heterocycles. The number of alkyl halides is 1. The lowest BCUT2D eigenvalue weighted by molar-refractivity contribution is -0.131. The molecule has 0 amide bonds. The number of hydrogen-bond donors (Lipinski definition) is 1. The number of methoxy groups -OCH3 is 1. The molecule has 0 radical (unpaired) electrons. The molecule has 1 aromatic carbocycles. The number of carboxylic acids is 1. The van der Waals surface area contributed by atoms with E-state index in [1.165, 1.54) is 6.08 Å². The molecular formula is C24H26ClFN2O3S. The number of nitrogens with zero attached hydrogens (tertiary/aromatic N) is 2. The molecule has 3 rings (SSSR count). The Labute approximate surface area is 197 Å². The Morgan fingerprint density at radius 1 is 1.41 bits per heavy atom. The Morgan fingerprint density at radius 3 is 2.56 bits per heavy atom. The molecule has 0 spiro atoms. The molecule has 0 fully saturated rings. The van der Waals surface area contributed by atoms with Crippen molar-refractivity contribution in [1.29, 1.82) is 0 Å². The number of benzene rings is 1. The van der Waals surface area contributed by atoms with Gasteiger partial charge in [-0.05, 0) is 53.9 Å². The average Bonchev–Trinajstić information content (AvgIpc) is 3.27. The van der Waals surface area contributed by atoms with Crippen LogP contribution in [-0.4, -0.2) is 41.0 Å². The normalized spacial score (nSPS) is 23.5. The highest BCUT2D eigenvalue weighted by molar-refractivity contribution is 8.18. The van der Waals surface area contributed by atoms with Crippen LogP contribution >= 0.6 is 23.4 Å². The van der Waals surface area contributed by atoms with Crippen LogP contribution in [0, 0.1) is 5.92 Å². The van der Waals surface area contributed by atoms with Crippen LogP contribution in [0.4, 0.5) is 4.39 Å². The second kappa shape index (κ2) is 9.55. The van der Waals surface area contributed by atoms with Crippen molar-refractivity contribution in [2.24, 2.45) is 10.9 Å². The minimum absolute atomic E-state index is 0.0574. The van der Waals surface area contributed by atoms with Crippen LogP contribution in [0.1, 0.15) is 26.3 Å². The SMILES string of the molecule is C=C/C(=C\C=C(\Cl)CF)C1N2C(=N[C@@]1(C)c1ccc(OC)cc1)SC(C(=O)O)=C2C(C)C. The topological polar surface area (TPSA) is 62.1 Å². The van der Waals surface area contributed by atoms with Gasteiger partial charge in [-0.2, -0.15) is 0 Å². The number of aliphatic imine (C=N–C) groups is 1. The zero-order chi connectivity index (χ0) is 23.6. The maximum absolute atomic E-state index is 13.0. The van der Waals surface area contributed by atoms with Gasteiger partial charge in [0.2, 0.25) is 0 Å². The summed E-state index contributed by atoms with van der Waals surface area (Å²) >= 11 is 7.07. The number of thioether (sulfide) groups is 1. The zero-order valence-corrected chi connectivity index (χ0v) is 20.0. The summed E-state index contributed by atoms with van der Waals surface area (Å²) in [4.78, 5) is 19.2. The first-order valence-corrected chi connectivity index (χ1v) is 11.3. The summed E-state index contributed by atoms with van der Waals surface area (Å²) in [5, 5.41) is 10.5. The van der Waals surface area contributed by atoms with Crippen molar-refractivity contribution in [2.75, 3.05) is 13.8 Å². The highest BCUT2D eigenvalue weighted by Gasteiger charge is 2.53. The predicted octanol–water partition coefficient (Wildman–Crippen LogP) is 5.85. The number of aliphatic carboxylic acids is 1. The molecule has 0 saturated heterocycles. The number of amidine groups is 1. The lowest BCUT2D eigenvalue weighted by Crippen LogP contribution is -2.44. The van der Waals surface area contributed by atoms with Crippen molar-refractivity contribution < 1.29 is 19.0 Å². The van der Waals surface area contributed by atoms with Crippen LogP contribution < -0.4 is 4.74 Å². The summed E-state index contributed by atoms with van der Waals surface area (Å²) in [5.41, 5.74) is 1.62. The Kier molecular flexibility index (Phi) is 7.20. The molecule has 2 atom stereocenters. The van der Waals surface area contributed by atoms with Crippen LogP contribution in [0.5, 0.6) is 5.75 Å². The van der Waals surface area contributed by atoms with Crippen molar-refractivity contribution in [1.82, 2.24) is 4.90 Å². The van der Waals surface area contributed by atoms with Gasteiger partial charge < -0.3 is 14.7 Å². The number of allylic oxidation sites excluding steroid dienone is 4. The first kappa shape index (κ1) is 24.1. The number of hydrogen-bond acceptors (Lipinski definition) is 5. The van der Waals surface area contributed by atoms with E-state index in [9.17, 15) is 14.3 Å². The molecule has 8 heteroatoms. The molecule has 1 N–H and O–H groups in total. The van der Waals surface area contributed by atoms with E-state index >= 15 is 0 Å². The van der Waals surface area contributed by atoms with Gasteiger partial charge in [-0.25, -0.2) is 14.2 Å².